The van der Waals surface area contributed by atoms with Crippen molar-refractivity contribution in [3.05, 3.63) is 35.9 Å². The highest BCUT2D eigenvalue weighted by atomic mass is 16.2. The standard InChI is InChI=1S/C14H21N3O2/c1-11(10-15)17-13(18)7-8-16-14(19)9-12-5-3-2-4-6-12/h2-6,11H,7-10,15H2,1H3,(H,16,19)(H,17,18)/t11-/m0/s1. The lowest BCUT2D eigenvalue weighted by atomic mass is 10.1. The van der Waals surface area contributed by atoms with Gasteiger partial charge in [0.15, 0.2) is 0 Å². The summed E-state index contributed by atoms with van der Waals surface area (Å²) in [5.74, 6) is -0.177. The van der Waals surface area contributed by atoms with Gasteiger partial charge < -0.3 is 16.4 Å². The number of amides is 2. The minimum atomic E-state index is -0.0991. The summed E-state index contributed by atoms with van der Waals surface area (Å²) >= 11 is 0. The third-order valence-corrected chi connectivity index (χ3v) is 2.64. The highest BCUT2D eigenvalue weighted by Gasteiger charge is 2.07. The van der Waals surface area contributed by atoms with Crippen LogP contribution in [-0.2, 0) is 16.0 Å². The van der Waals surface area contributed by atoms with Crippen LogP contribution in [0.1, 0.15) is 18.9 Å². The number of hydrogen-bond acceptors (Lipinski definition) is 3. The van der Waals surface area contributed by atoms with E-state index in [4.69, 9.17) is 5.73 Å². The molecule has 5 heteroatoms. The Bertz CT molecular complexity index is 406. The van der Waals surface area contributed by atoms with Gasteiger partial charge in [-0.15, -0.1) is 0 Å². The van der Waals surface area contributed by atoms with Gasteiger partial charge in [-0.2, -0.15) is 0 Å². The van der Waals surface area contributed by atoms with Crippen LogP contribution in [0.4, 0.5) is 0 Å². The van der Waals surface area contributed by atoms with E-state index in [0.29, 0.717) is 19.5 Å². The highest BCUT2D eigenvalue weighted by molar-refractivity contribution is 5.80. The molecular weight excluding hydrogens is 242 g/mol. The fraction of sp³-hybridized carbons (Fsp3) is 0.429. The number of carbonyl (C=O) groups is 2. The molecule has 0 unspecified atom stereocenters. The molecule has 0 aliphatic carbocycles. The van der Waals surface area contributed by atoms with Gasteiger partial charge in [-0.05, 0) is 12.5 Å². The summed E-state index contributed by atoms with van der Waals surface area (Å²) in [5, 5.41) is 5.46. The topological polar surface area (TPSA) is 84.2 Å². The van der Waals surface area contributed by atoms with E-state index in [9.17, 15) is 9.59 Å². The molecule has 104 valence electrons. The predicted molar refractivity (Wildman–Crippen MR) is 74.4 cm³/mol. The zero-order valence-electron chi connectivity index (χ0n) is 11.2. The molecule has 1 atom stereocenters. The molecule has 0 spiro atoms. The first kappa shape index (κ1) is 15.2. The van der Waals surface area contributed by atoms with E-state index >= 15 is 0 Å². The Morgan fingerprint density at radius 2 is 1.89 bits per heavy atom. The van der Waals surface area contributed by atoms with Gasteiger partial charge in [0.05, 0.1) is 6.42 Å². The van der Waals surface area contributed by atoms with Gasteiger partial charge in [-0.3, -0.25) is 9.59 Å². The summed E-state index contributed by atoms with van der Waals surface area (Å²) in [6.07, 6.45) is 0.604. The van der Waals surface area contributed by atoms with Crippen LogP contribution in [0, 0.1) is 0 Å². The fourth-order valence-electron chi connectivity index (χ4n) is 1.57. The summed E-state index contributed by atoms with van der Waals surface area (Å²) in [7, 11) is 0. The van der Waals surface area contributed by atoms with Gasteiger partial charge in [0.2, 0.25) is 11.8 Å². The molecule has 0 saturated heterocycles. The van der Waals surface area contributed by atoms with Crippen molar-refractivity contribution in [2.24, 2.45) is 5.73 Å². The summed E-state index contributed by atoms with van der Waals surface area (Å²) in [6.45, 7) is 2.59. The van der Waals surface area contributed by atoms with E-state index in [1.165, 1.54) is 0 Å². The maximum absolute atomic E-state index is 11.6. The summed E-state index contributed by atoms with van der Waals surface area (Å²) in [4.78, 5) is 23.0. The van der Waals surface area contributed by atoms with E-state index in [0.717, 1.165) is 5.56 Å². The van der Waals surface area contributed by atoms with E-state index in [1.54, 1.807) is 0 Å². The molecule has 0 aliphatic rings. The van der Waals surface area contributed by atoms with E-state index < -0.39 is 0 Å². The summed E-state index contributed by atoms with van der Waals surface area (Å²) < 4.78 is 0. The minimum Gasteiger partial charge on any atom is -0.355 e. The van der Waals surface area contributed by atoms with Crippen molar-refractivity contribution in [2.75, 3.05) is 13.1 Å². The largest absolute Gasteiger partial charge is 0.355 e. The van der Waals surface area contributed by atoms with Crippen molar-refractivity contribution in [3.63, 3.8) is 0 Å². The van der Waals surface area contributed by atoms with Gasteiger partial charge in [0, 0.05) is 25.6 Å². The molecule has 1 rings (SSSR count). The van der Waals surface area contributed by atoms with E-state index in [-0.39, 0.29) is 24.3 Å². The van der Waals surface area contributed by atoms with Gasteiger partial charge in [0.25, 0.3) is 0 Å². The van der Waals surface area contributed by atoms with Gasteiger partial charge in [0.1, 0.15) is 0 Å². The van der Waals surface area contributed by atoms with Crippen LogP contribution in [0.25, 0.3) is 0 Å². The maximum Gasteiger partial charge on any atom is 0.224 e. The minimum absolute atomic E-state index is 0.0347. The number of benzene rings is 1. The second-order valence-electron chi connectivity index (χ2n) is 4.47. The number of nitrogens with one attached hydrogen (secondary N) is 2. The monoisotopic (exact) mass is 263 g/mol. The van der Waals surface area contributed by atoms with Gasteiger partial charge in [-0.25, -0.2) is 0 Å². The zero-order valence-corrected chi connectivity index (χ0v) is 11.2. The van der Waals surface area contributed by atoms with Crippen LogP contribution < -0.4 is 16.4 Å². The molecule has 0 fully saturated rings. The van der Waals surface area contributed by atoms with Crippen LogP contribution in [0.15, 0.2) is 30.3 Å². The van der Waals surface area contributed by atoms with Crippen molar-refractivity contribution in [1.82, 2.24) is 10.6 Å². The second-order valence-corrected chi connectivity index (χ2v) is 4.47. The molecule has 0 aromatic heterocycles. The van der Waals surface area contributed by atoms with Crippen molar-refractivity contribution < 1.29 is 9.59 Å². The van der Waals surface area contributed by atoms with Crippen molar-refractivity contribution in [2.45, 2.75) is 25.8 Å². The molecule has 1 aromatic carbocycles. The average molecular weight is 263 g/mol. The molecule has 2 amide bonds. The SMILES string of the molecule is C[C@@H](CN)NC(=O)CCNC(=O)Cc1ccccc1. The van der Waals surface area contributed by atoms with Crippen molar-refractivity contribution in [3.8, 4) is 0 Å². The third-order valence-electron chi connectivity index (χ3n) is 2.64. The molecule has 0 heterocycles. The molecule has 0 aliphatic heterocycles. The molecule has 5 nitrogen and oxygen atoms in total. The Balaban J connectivity index is 2.19. The Morgan fingerprint density at radius 1 is 1.21 bits per heavy atom. The molecule has 1 aromatic rings. The van der Waals surface area contributed by atoms with Crippen molar-refractivity contribution >= 4 is 11.8 Å². The first-order valence-electron chi connectivity index (χ1n) is 6.42. The number of rotatable bonds is 7. The molecular formula is C14H21N3O2. The van der Waals surface area contributed by atoms with Gasteiger partial charge >= 0.3 is 0 Å². The second kappa shape index (κ2) is 8.26. The van der Waals surface area contributed by atoms with Crippen molar-refractivity contribution in [1.29, 1.82) is 0 Å². The van der Waals surface area contributed by atoms with Crippen LogP contribution >= 0.6 is 0 Å². The quantitative estimate of drug-likeness (QED) is 0.657. The smallest absolute Gasteiger partial charge is 0.224 e. The van der Waals surface area contributed by atoms with Crippen LogP contribution in [0.3, 0.4) is 0 Å². The van der Waals surface area contributed by atoms with E-state index in [1.807, 2.05) is 37.3 Å². The lowest BCUT2D eigenvalue weighted by Gasteiger charge is -2.11. The van der Waals surface area contributed by atoms with Crippen LogP contribution in [-0.4, -0.2) is 30.9 Å². The van der Waals surface area contributed by atoms with Crippen LogP contribution in [0.2, 0.25) is 0 Å². The third kappa shape index (κ3) is 6.57. The van der Waals surface area contributed by atoms with E-state index in [2.05, 4.69) is 10.6 Å². The molecule has 0 radical (unpaired) electrons. The molecule has 4 N–H and O–H groups in total. The normalized spacial score (nSPS) is 11.7. The maximum atomic E-state index is 11.6. The highest BCUT2D eigenvalue weighted by Crippen LogP contribution is 1.98. The number of carbonyl (C=O) groups excluding carboxylic acids is 2. The Kier molecular flexibility index (Phi) is 6.60. The first-order chi connectivity index (χ1) is 9.11. The number of nitrogens with two attached hydrogens (primary N) is 1. The Labute approximate surface area is 113 Å². The van der Waals surface area contributed by atoms with Gasteiger partial charge in [-0.1, -0.05) is 30.3 Å². The lowest BCUT2D eigenvalue weighted by Crippen LogP contribution is -2.39. The predicted octanol–water partition coefficient (Wildman–Crippen LogP) is 0.199. The summed E-state index contributed by atoms with van der Waals surface area (Å²) in [6, 6.07) is 9.45. The lowest BCUT2D eigenvalue weighted by molar-refractivity contribution is -0.122. The zero-order chi connectivity index (χ0) is 14.1. The van der Waals surface area contributed by atoms with Crippen LogP contribution in [0.5, 0.6) is 0 Å². The fourth-order valence-corrected chi connectivity index (χ4v) is 1.57. The Morgan fingerprint density at radius 3 is 2.53 bits per heavy atom. The average Bonchev–Trinajstić information content (AvgIpc) is 2.39. The summed E-state index contributed by atoms with van der Waals surface area (Å²) in [5.41, 5.74) is 6.36. The molecule has 19 heavy (non-hydrogen) atoms. The first-order valence-corrected chi connectivity index (χ1v) is 6.42. The molecule has 0 bridgehead atoms. The number of hydrogen-bond donors (Lipinski definition) is 3. The Hall–Kier alpha value is -1.88. The molecule has 0 saturated carbocycles.